The largest absolute Gasteiger partial charge is 0.107 e. The van der Waals surface area contributed by atoms with E-state index in [-0.39, 0.29) is 67.4 Å². The summed E-state index contributed by atoms with van der Waals surface area (Å²) in [5, 5.41) is 0. The molecule has 78 valence electrons. The van der Waals surface area contributed by atoms with Crippen molar-refractivity contribution in [2.45, 2.75) is 26.7 Å². The van der Waals surface area contributed by atoms with Crippen molar-refractivity contribution < 1.29 is 19.5 Å². The monoisotopic (exact) mass is 492 g/mol. The van der Waals surface area contributed by atoms with Crippen LogP contribution in [0.25, 0.3) is 0 Å². The average Bonchev–Trinajstić information content (AvgIpc) is 1.88. The van der Waals surface area contributed by atoms with Crippen LogP contribution in [-0.2, 0) is 19.5 Å². The molecule has 1 aromatic rings. The predicted octanol–water partition coefficient (Wildman–Crippen LogP) is 4.35. The SMILES string of the molecule is Cc1ccc(C(C)C)cc1.I.I.[Ru]. The molecule has 1 rings (SSSR count). The summed E-state index contributed by atoms with van der Waals surface area (Å²) in [5.41, 5.74) is 2.76. The number of hydrogen-bond donors (Lipinski definition) is 0. The Morgan fingerprint density at radius 3 is 1.62 bits per heavy atom. The zero-order valence-corrected chi connectivity index (χ0v) is 14.5. The Balaban J connectivity index is -0.000000333. The summed E-state index contributed by atoms with van der Waals surface area (Å²) in [6.45, 7) is 6.54. The second kappa shape index (κ2) is 9.84. The maximum absolute atomic E-state index is 2.21. The number of hydrogen-bond acceptors (Lipinski definition) is 0. The quantitative estimate of drug-likeness (QED) is 0.405. The summed E-state index contributed by atoms with van der Waals surface area (Å²) < 4.78 is 0. The number of benzene rings is 1. The van der Waals surface area contributed by atoms with Crippen molar-refractivity contribution in [3.05, 3.63) is 35.4 Å². The number of rotatable bonds is 1. The molecule has 0 aromatic heterocycles. The minimum absolute atomic E-state index is 0. The molecule has 0 nitrogen and oxygen atoms in total. The maximum atomic E-state index is 2.21. The van der Waals surface area contributed by atoms with Crippen LogP contribution in [0, 0.1) is 6.92 Å². The van der Waals surface area contributed by atoms with Gasteiger partial charge in [0, 0.05) is 19.5 Å². The summed E-state index contributed by atoms with van der Waals surface area (Å²) in [6.07, 6.45) is 0. The second-order valence-corrected chi connectivity index (χ2v) is 3.07. The Hall–Kier alpha value is 1.30. The van der Waals surface area contributed by atoms with Crippen LogP contribution >= 0.6 is 48.0 Å². The molecule has 13 heavy (non-hydrogen) atoms. The zero-order valence-electron chi connectivity index (χ0n) is 8.06. The molecule has 0 fully saturated rings. The van der Waals surface area contributed by atoms with Gasteiger partial charge in [0.15, 0.2) is 0 Å². The molecule has 0 atom stereocenters. The van der Waals surface area contributed by atoms with Crippen molar-refractivity contribution in [1.82, 2.24) is 0 Å². The van der Waals surface area contributed by atoms with E-state index in [1.165, 1.54) is 11.1 Å². The molecular formula is C10H16I2Ru. The Bertz CT molecular complexity index is 207. The van der Waals surface area contributed by atoms with Crippen molar-refractivity contribution in [3.63, 3.8) is 0 Å². The van der Waals surface area contributed by atoms with Crippen LogP contribution in [0.4, 0.5) is 0 Å². The van der Waals surface area contributed by atoms with Gasteiger partial charge in [-0.25, -0.2) is 0 Å². The van der Waals surface area contributed by atoms with E-state index in [4.69, 9.17) is 0 Å². The van der Waals surface area contributed by atoms with Gasteiger partial charge >= 0.3 is 0 Å². The minimum Gasteiger partial charge on any atom is -0.107 e. The first kappa shape index (κ1) is 19.8. The molecule has 0 radical (unpaired) electrons. The van der Waals surface area contributed by atoms with Crippen molar-refractivity contribution in [3.8, 4) is 0 Å². The summed E-state index contributed by atoms with van der Waals surface area (Å²) in [4.78, 5) is 0. The third kappa shape index (κ3) is 7.26. The number of aryl methyl sites for hydroxylation is 1. The fraction of sp³-hybridized carbons (Fsp3) is 0.400. The first-order chi connectivity index (χ1) is 4.70. The molecule has 3 heteroatoms. The van der Waals surface area contributed by atoms with Gasteiger partial charge in [-0.05, 0) is 18.4 Å². The third-order valence-electron chi connectivity index (χ3n) is 1.74. The van der Waals surface area contributed by atoms with Crippen LogP contribution in [0.15, 0.2) is 24.3 Å². The smallest absolute Gasteiger partial charge is 0 e. The number of halogens is 2. The minimum atomic E-state index is 0. The van der Waals surface area contributed by atoms with Gasteiger partial charge in [0.05, 0.1) is 0 Å². The van der Waals surface area contributed by atoms with Gasteiger partial charge in [-0.15, -0.1) is 48.0 Å². The molecule has 0 heterocycles. The molecule has 0 aliphatic rings. The third-order valence-corrected chi connectivity index (χ3v) is 1.74. The summed E-state index contributed by atoms with van der Waals surface area (Å²) in [6, 6.07) is 8.71. The standard InChI is InChI=1S/C10H14.2HI.Ru/c1-8(2)10-6-4-9(3)5-7-10;;;/h4-8H,1-3H3;2*1H;. The van der Waals surface area contributed by atoms with Crippen LogP contribution in [0.2, 0.25) is 0 Å². The van der Waals surface area contributed by atoms with E-state index in [9.17, 15) is 0 Å². The van der Waals surface area contributed by atoms with Gasteiger partial charge in [0.25, 0.3) is 0 Å². The molecule has 0 saturated carbocycles. The molecule has 0 aliphatic heterocycles. The van der Waals surface area contributed by atoms with Crippen molar-refractivity contribution in [2.75, 3.05) is 0 Å². The normalized spacial score (nSPS) is 8.00. The van der Waals surface area contributed by atoms with E-state index in [1.54, 1.807) is 0 Å². The fourth-order valence-electron chi connectivity index (χ4n) is 0.951. The van der Waals surface area contributed by atoms with E-state index in [0.29, 0.717) is 5.92 Å². The Labute approximate surface area is 128 Å². The van der Waals surface area contributed by atoms with Crippen molar-refractivity contribution in [2.24, 2.45) is 0 Å². The fourth-order valence-corrected chi connectivity index (χ4v) is 0.951. The Morgan fingerprint density at radius 2 is 1.31 bits per heavy atom. The van der Waals surface area contributed by atoms with Crippen LogP contribution < -0.4 is 0 Å². The van der Waals surface area contributed by atoms with E-state index in [2.05, 4.69) is 45.0 Å². The van der Waals surface area contributed by atoms with Gasteiger partial charge in [0.2, 0.25) is 0 Å². The molecule has 0 bridgehead atoms. The second-order valence-electron chi connectivity index (χ2n) is 3.07. The van der Waals surface area contributed by atoms with Crippen LogP contribution in [-0.4, -0.2) is 0 Å². The van der Waals surface area contributed by atoms with Crippen molar-refractivity contribution in [1.29, 1.82) is 0 Å². The van der Waals surface area contributed by atoms with Crippen LogP contribution in [0.3, 0.4) is 0 Å². The molecule has 0 saturated heterocycles. The van der Waals surface area contributed by atoms with Gasteiger partial charge < -0.3 is 0 Å². The summed E-state index contributed by atoms with van der Waals surface area (Å²) in [7, 11) is 0. The van der Waals surface area contributed by atoms with Crippen LogP contribution in [0.5, 0.6) is 0 Å². The van der Waals surface area contributed by atoms with Gasteiger partial charge in [-0.1, -0.05) is 43.7 Å². The summed E-state index contributed by atoms with van der Waals surface area (Å²) >= 11 is 0. The van der Waals surface area contributed by atoms with E-state index >= 15 is 0 Å². The Kier molecular flexibility index (Phi) is 15.0. The molecule has 0 N–H and O–H groups in total. The molecule has 0 unspecified atom stereocenters. The first-order valence-electron chi connectivity index (χ1n) is 3.76. The maximum Gasteiger partial charge on any atom is 0 e. The molecular weight excluding hydrogens is 475 g/mol. The average molecular weight is 491 g/mol. The summed E-state index contributed by atoms with van der Waals surface area (Å²) in [5.74, 6) is 0.653. The van der Waals surface area contributed by atoms with Gasteiger partial charge in [0.1, 0.15) is 0 Å². The van der Waals surface area contributed by atoms with E-state index in [1.807, 2.05) is 0 Å². The molecule has 0 spiro atoms. The van der Waals surface area contributed by atoms with Gasteiger partial charge in [-0.3, -0.25) is 0 Å². The van der Waals surface area contributed by atoms with E-state index < -0.39 is 0 Å². The van der Waals surface area contributed by atoms with Gasteiger partial charge in [-0.2, -0.15) is 0 Å². The molecule has 0 aliphatic carbocycles. The zero-order chi connectivity index (χ0) is 7.56. The predicted molar refractivity (Wildman–Crippen MR) is 76.1 cm³/mol. The molecule has 0 amide bonds. The first-order valence-corrected chi connectivity index (χ1v) is 3.76. The van der Waals surface area contributed by atoms with Crippen molar-refractivity contribution >= 4 is 48.0 Å². The van der Waals surface area contributed by atoms with E-state index in [0.717, 1.165) is 0 Å². The topological polar surface area (TPSA) is 0 Å². The Morgan fingerprint density at radius 1 is 0.923 bits per heavy atom. The molecule has 1 aromatic carbocycles. The van der Waals surface area contributed by atoms with Crippen LogP contribution in [0.1, 0.15) is 30.9 Å².